The third-order valence-electron chi connectivity index (χ3n) is 6.75. The molecular weight excluding hydrogens is 445 g/mol. The molecule has 180 valence electrons. The predicted molar refractivity (Wildman–Crippen MR) is 124 cm³/mol. The summed E-state index contributed by atoms with van der Waals surface area (Å²) in [7, 11) is 0. The topological polar surface area (TPSA) is 96.3 Å². The van der Waals surface area contributed by atoms with Crippen molar-refractivity contribution < 1.29 is 22.6 Å². The fourth-order valence-corrected chi connectivity index (χ4v) is 5.19. The first kappa shape index (κ1) is 22.7. The number of ether oxygens (including phenoxy) is 2. The number of hydrogen-bond acceptors (Lipinski definition) is 6. The number of hydrogen-bond donors (Lipinski definition) is 2. The van der Waals surface area contributed by atoms with Gasteiger partial charge in [-0.25, -0.2) is 9.97 Å². The molecule has 1 fully saturated rings. The average molecular weight is 473 g/mol. The minimum atomic E-state index is -4.51. The van der Waals surface area contributed by atoms with Gasteiger partial charge in [0.05, 0.1) is 29.7 Å². The maximum atomic E-state index is 13.6. The number of nitrogen functional groups attached to an aromatic ring is 2. The van der Waals surface area contributed by atoms with Crippen molar-refractivity contribution in [3.05, 3.63) is 51.8 Å². The zero-order chi connectivity index (χ0) is 24.2. The number of aryl methyl sites for hydroxylation is 2. The number of rotatable bonds is 4. The Labute approximate surface area is 195 Å². The zero-order valence-corrected chi connectivity index (χ0v) is 19.1. The Balaban J connectivity index is 1.78. The molecule has 2 atom stereocenters. The summed E-state index contributed by atoms with van der Waals surface area (Å²) in [6, 6.07) is 3.67. The van der Waals surface area contributed by atoms with Gasteiger partial charge in [-0.1, -0.05) is 6.92 Å². The monoisotopic (exact) mass is 472 g/mol. The standard InChI is InChI=1S/C25H27F3N4O2/c1-12(14-8-15(25(26,27)28)10-16(29)9-14)20-21-22(31-13(2)32-24(21)30)18-4-3-5-19(18)23(20)34-17-6-7-33-11-17/h8-10,12,17H,3-7,11,29H2,1-2H3,(H2,30,31,32)/t12-,17+/m1/s1. The number of halogens is 3. The molecule has 0 amide bonds. The van der Waals surface area contributed by atoms with Crippen LogP contribution in [-0.4, -0.2) is 29.3 Å². The molecule has 0 unspecified atom stereocenters. The van der Waals surface area contributed by atoms with Crippen LogP contribution in [0.3, 0.4) is 0 Å². The van der Waals surface area contributed by atoms with E-state index in [1.165, 1.54) is 0 Å². The molecule has 5 rings (SSSR count). The maximum Gasteiger partial charge on any atom is 0.416 e. The molecule has 9 heteroatoms. The number of alkyl halides is 3. The van der Waals surface area contributed by atoms with Crippen LogP contribution in [-0.2, 0) is 23.8 Å². The zero-order valence-electron chi connectivity index (χ0n) is 19.1. The van der Waals surface area contributed by atoms with Gasteiger partial charge in [-0.2, -0.15) is 13.2 Å². The van der Waals surface area contributed by atoms with E-state index in [0.717, 1.165) is 54.5 Å². The van der Waals surface area contributed by atoms with Crippen LogP contribution in [0.2, 0.25) is 0 Å². The number of fused-ring (bicyclic) bond motifs is 3. The summed E-state index contributed by atoms with van der Waals surface area (Å²) < 4.78 is 52.7. The number of nitrogens with zero attached hydrogens (tertiary/aromatic N) is 2. The van der Waals surface area contributed by atoms with E-state index in [0.29, 0.717) is 47.1 Å². The van der Waals surface area contributed by atoms with E-state index < -0.39 is 17.7 Å². The molecule has 0 bridgehead atoms. The number of nitrogens with two attached hydrogens (primary N) is 2. The van der Waals surface area contributed by atoms with Gasteiger partial charge >= 0.3 is 6.18 Å². The third-order valence-corrected chi connectivity index (χ3v) is 6.75. The largest absolute Gasteiger partial charge is 0.487 e. The van der Waals surface area contributed by atoms with Crippen molar-refractivity contribution in [3.8, 4) is 5.75 Å². The van der Waals surface area contributed by atoms with E-state index >= 15 is 0 Å². The Morgan fingerprint density at radius 2 is 1.88 bits per heavy atom. The van der Waals surface area contributed by atoms with Crippen LogP contribution in [0.1, 0.15) is 59.3 Å². The third kappa shape index (κ3) is 3.91. The first-order valence-corrected chi connectivity index (χ1v) is 11.5. The van der Waals surface area contributed by atoms with Crippen molar-refractivity contribution in [2.75, 3.05) is 24.7 Å². The Bertz CT molecular complexity index is 1270. The number of benzene rings is 2. The summed E-state index contributed by atoms with van der Waals surface area (Å²) in [4.78, 5) is 9.11. The highest BCUT2D eigenvalue weighted by Crippen LogP contribution is 2.47. The molecule has 6 nitrogen and oxygen atoms in total. The van der Waals surface area contributed by atoms with Gasteiger partial charge in [0, 0.05) is 23.6 Å². The van der Waals surface area contributed by atoms with Gasteiger partial charge in [-0.05, 0) is 61.1 Å². The normalized spacial score (nSPS) is 18.9. The summed E-state index contributed by atoms with van der Waals surface area (Å²) in [6.45, 7) is 4.72. The van der Waals surface area contributed by atoms with Crippen LogP contribution < -0.4 is 16.2 Å². The van der Waals surface area contributed by atoms with Crippen LogP contribution in [0.4, 0.5) is 24.7 Å². The highest BCUT2D eigenvalue weighted by atomic mass is 19.4. The molecule has 1 saturated heterocycles. The quantitative estimate of drug-likeness (QED) is 0.523. The van der Waals surface area contributed by atoms with Crippen molar-refractivity contribution in [3.63, 3.8) is 0 Å². The van der Waals surface area contributed by atoms with E-state index in [1.807, 2.05) is 6.92 Å². The predicted octanol–water partition coefficient (Wildman–Crippen LogP) is 4.93. The highest BCUT2D eigenvalue weighted by Gasteiger charge is 2.34. The minimum absolute atomic E-state index is 0.0499. The number of aromatic nitrogens is 2. The second-order valence-electron chi connectivity index (χ2n) is 9.14. The van der Waals surface area contributed by atoms with Crippen LogP contribution in [0, 0.1) is 6.92 Å². The molecular formula is C25H27F3N4O2. The van der Waals surface area contributed by atoms with E-state index in [4.69, 9.17) is 25.9 Å². The Morgan fingerprint density at radius 3 is 2.59 bits per heavy atom. The molecule has 0 radical (unpaired) electrons. The lowest BCUT2D eigenvalue weighted by molar-refractivity contribution is -0.137. The molecule has 0 spiro atoms. The Hall–Kier alpha value is -3.07. The van der Waals surface area contributed by atoms with Crippen LogP contribution in [0.25, 0.3) is 10.9 Å². The average Bonchev–Trinajstić information content (AvgIpc) is 3.45. The molecule has 34 heavy (non-hydrogen) atoms. The molecule has 2 aromatic carbocycles. The van der Waals surface area contributed by atoms with Crippen LogP contribution in [0.15, 0.2) is 18.2 Å². The second-order valence-corrected chi connectivity index (χ2v) is 9.14. The molecule has 1 aliphatic carbocycles. The number of anilines is 2. The van der Waals surface area contributed by atoms with Crippen molar-refractivity contribution in [1.82, 2.24) is 9.97 Å². The molecule has 2 heterocycles. The van der Waals surface area contributed by atoms with E-state index in [9.17, 15) is 13.2 Å². The van der Waals surface area contributed by atoms with Gasteiger partial charge < -0.3 is 20.9 Å². The fourth-order valence-electron chi connectivity index (χ4n) is 5.19. The van der Waals surface area contributed by atoms with E-state index in [-0.39, 0.29) is 11.8 Å². The van der Waals surface area contributed by atoms with Crippen molar-refractivity contribution >= 4 is 22.4 Å². The SMILES string of the molecule is Cc1nc(N)c2c([C@H](C)c3cc(N)cc(C(F)(F)F)c3)c(O[C@H]3CCOC3)c3c(c2n1)CCC3. The summed E-state index contributed by atoms with van der Waals surface area (Å²) in [5, 5.41) is 0.642. The van der Waals surface area contributed by atoms with Gasteiger partial charge in [0.2, 0.25) is 0 Å². The molecule has 0 saturated carbocycles. The van der Waals surface area contributed by atoms with Crippen LogP contribution in [0.5, 0.6) is 5.75 Å². The molecule has 1 aromatic heterocycles. The van der Waals surface area contributed by atoms with Crippen LogP contribution >= 0.6 is 0 Å². The lowest BCUT2D eigenvalue weighted by Gasteiger charge is -2.26. The fraction of sp³-hybridized carbons (Fsp3) is 0.440. The molecule has 4 N–H and O–H groups in total. The smallest absolute Gasteiger partial charge is 0.416 e. The maximum absolute atomic E-state index is 13.6. The van der Waals surface area contributed by atoms with E-state index in [2.05, 4.69) is 4.98 Å². The molecule has 1 aliphatic heterocycles. The molecule has 2 aliphatic rings. The summed E-state index contributed by atoms with van der Waals surface area (Å²) in [5.74, 6) is 1.03. The van der Waals surface area contributed by atoms with Crippen molar-refractivity contribution in [1.29, 1.82) is 0 Å². The Morgan fingerprint density at radius 1 is 1.12 bits per heavy atom. The Kier molecular flexibility index (Phi) is 5.55. The van der Waals surface area contributed by atoms with Crippen molar-refractivity contribution in [2.24, 2.45) is 0 Å². The van der Waals surface area contributed by atoms with Gasteiger partial charge in [0.25, 0.3) is 0 Å². The summed E-state index contributed by atoms with van der Waals surface area (Å²) >= 11 is 0. The highest BCUT2D eigenvalue weighted by molar-refractivity contribution is 5.97. The van der Waals surface area contributed by atoms with E-state index in [1.54, 1.807) is 13.0 Å². The first-order chi connectivity index (χ1) is 16.1. The van der Waals surface area contributed by atoms with Crippen molar-refractivity contribution in [2.45, 2.75) is 57.7 Å². The lowest BCUT2D eigenvalue weighted by atomic mass is 9.85. The van der Waals surface area contributed by atoms with Gasteiger partial charge in [-0.3, -0.25) is 0 Å². The second kappa shape index (κ2) is 8.30. The molecule has 3 aromatic rings. The summed E-state index contributed by atoms with van der Waals surface area (Å²) in [5.41, 5.74) is 15.6. The lowest BCUT2D eigenvalue weighted by Crippen LogP contribution is -2.19. The van der Waals surface area contributed by atoms with Gasteiger partial charge in [0.15, 0.2) is 0 Å². The minimum Gasteiger partial charge on any atom is -0.487 e. The van der Waals surface area contributed by atoms with Gasteiger partial charge in [0.1, 0.15) is 23.5 Å². The first-order valence-electron chi connectivity index (χ1n) is 11.5. The van der Waals surface area contributed by atoms with Gasteiger partial charge in [-0.15, -0.1) is 0 Å². The summed E-state index contributed by atoms with van der Waals surface area (Å²) in [6.07, 6.45) is -1.31.